The Balaban J connectivity index is 1.61. The maximum atomic E-state index is 12.6. The molecule has 0 bridgehead atoms. The summed E-state index contributed by atoms with van der Waals surface area (Å²) in [6.07, 6.45) is -0.262. The third-order valence-corrected chi connectivity index (χ3v) is 4.68. The SMILES string of the molecule is Cc1cccc(CC(=O)c2ccc(C(=O)Nc3cccc(NC(=O)OC(C)(C)C)c3)cc2)c1. The van der Waals surface area contributed by atoms with E-state index in [9.17, 15) is 14.4 Å². The van der Waals surface area contributed by atoms with Gasteiger partial charge in [0.25, 0.3) is 5.91 Å². The first-order valence-electron chi connectivity index (χ1n) is 10.7. The topological polar surface area (TPSA) is 84.5 Å². The molecule has 2 amide bonds. The summed E-state index contributed by atoms with van der Waals surface area (Å²) in [5.74, 6) is -0.324. The van der Waals surface area contributed by atoms with E-state index >= 15 is 0 Å². The van der Waals surface area contributed by atoms with E-state index in [-0.39, 0.29) is 11.7 Å². The fourth-order valence-electron chi connectivity index (χ4n) is 3.22. The van der Waals surface area contributed by atoms with Crippen molar-refractivity contribution in [3.63, 3.8) is 0 Å². The minimum absolute atomic E-state index is 0.00604. The zero-order chi connectivity index (χ0) is 24.0. The van der Waals surface area contributed by atoms with Gasteiger partial charge in [0.15, 0.2) is 5.78 Å². The maximum Gasteiger partial charge on any atom is 0.412 e. The number of carbonyl (C=O) groups excluding carboxylic acids is 3. The predicted molar refractivity (Wildman–Crippen MR) is 130 cm³/mol. The lowest BCUT2D eigenvalue weighted by atomic mass is 10.0. The van der Waals surface area contributed by atoms with Gasteiger partial charge in [0.1, 0.15) is 5.60 Å². The van der Waals surface area contributed by atoms with Crippen molar-refractivity contribution >= 4 is 29.2 Å². The summed E-state index contributed by atoms with van der Waals surface area (Å²) in [7, 11) is 0. The molecule has 3 rings (SSSR count). The largest absolute Gasteiger partial charge is 0.444 e. The van der Waals surface area contributed by atoms with E-state index < -0.39 is 11.7 Å². The van der Waals surface area contributed by atoms with Gasteiger partial charge in [-0.25, -0.2) is 4.79 Å². The third-order valence-electron chi connectivity index (χ3n) is 4.68. The predicted octanol–water partition coefficient (Wildman–Crippen LogP) is 6.02. The van der Waals surface area contributed by atoms with Crippen LogP contribution in [0, 0.1) is 6.92 Å². The highest BCUT2D eigenvalue weighted by atomic mass is 16.6. The molecule has 170 valence electrons. The maximum absolute atomic E-state index is 12.6. The van der Waals surface area contributed by atoms with E-state index in [0.29, 0.717) is 28.9 Å². The summed E-state index contributed by atoms with van der Waals surface area (Å²) in [6, 6.07) is 21.2. The highest BCUT2D eigenvalue weighted by molar-refractivity contribution is 6.05. The van der Waals surface area contributed by atoms with E-state index in [1.807, 2.05) is 31.2 Å². The Morgan fingerprint density at radius 2 is 1.39 bits per heavy atom. The Kier molecular flexibility index (Phi) is 7.28. The lowest BCUT2D eigenvalue weighted by Gasteiger charge is -2.19. The van der Waals surface area contributed by atoms with E-state index in [0.717, 1.165) is 11.1 Å². The molecule has 0 aliphatic rings. The van der Waals surface area contributed by atoms with Gasteiger partial charge in [-0.1, -0.05) is 48.0 Å². The van der Waals surface area contributed by atoms with Crippen molar-refractivity contribution in [2.45, 2.75) is 39.7 Å². The fraction of sp³-hybridized carbons (Fsp3) is 0.222. The van der Waals surface area contributed by atoms with Crippen LogP contribution in [0.15, 0.2) is 72.8 Å². The molecule has 2 N–H and O–H groups in total. The molecule has 0 heterocycles. The van der Waals surface area contributed by atoms with Gasteiger partial charge in [-0.3, -0.25) is 14.9 Å². The second-order valence-electron chi connectivity index (χ2n) is 8.83. The van der Waals surface area contributed by atoms with Gasteiger partial charge in [0, 0.05) is 28.9 Å². The van der Waals surface area contributed by atoms with E-state index in [1.54, 1.807) is 69.3 Å². The van der Waals surface area contributed by atoms with Crippen molar-refractivity contribution < 1.29 is 19.1 Å². The number of Topliss-reactive ketones (excluding diaryl/α,β-unsaturated/α-hetero) is 1. The Bertz CT molecular complexity index is 1160. The molecule has 0 aliphatic carbocycles. The van der Waals surface area contributed by atoms with Crippen molar-refractivity contribution in [2.75, 3.05) is 10.6 Å². The minimum Gasteiger partial charge on any atom is -0.444 e. The van der Waals surface area contributed by atoms with Gasteiger partial charge in [0.2, 0.25) is 0 Å². The number of rotatable bonds is 6. The number of ether oxygens (including phenoxy) is 1. The molecule has 0 saturated carbocycles. The fourth-order valence-corrected chi connectivity index (χ4v) is 3.22. The van der Waals surface area contributed by atoms with Crippen molar-refractivity contribution in [1.29, 1.82) is 0 Å². The average Bonchev–Trinajstić information content (AvgIpc) is 2.72. The van der Waals surface area contributed by atoms with Crippen LogP contribution < -0.4 is 10.6 Å². The van der Waals surface area contributed by atoms with Crippen LogP contribution in [0.5, 0.6) is 0 Å². The van der Waals surface area contributed by atoms with Crippen LogP contribution in [0.1, 0.15) is 52.6 Å². The number of anilines is 2. The van der Waals surface area contributed by atoms with Gasteiger partial charge < -0.3 is 10.1 Å². The zero-order valence-electron chi connectivity index (χ0n) is 19.3. The first kappa shape index (κ1) is 23.7. The Morgan fingerprint density at radius 1 is 0.788 bits per heavy atom. The van der Waals surface area contributed by atoms with E-state index in [1.165, 1.54) is 0 Å². The second kappa shape index (κ2) is 10.1. The van der Waals surface area contributed by atoms with Crippen LogP contribution in [-0.4, -0.2) is 23.4 Å². The number of benzene rings is 3. The molecule has 0 radical (unpaired) electrons. The highest BCUT2D eigenvalue weighted by Gasteiger charge is 2.16. The first-order chi connectivity index (χ1) is 15.6. The van der Waals surface area contributed by atoms with Gasteiger partial charge in [-0.05, 0) is 63.6 Å². The number of ketones is 1. The van der Waals surface area contributed by atoms with Gasteiger partial charge in [0.05, 0.1) is 0 Å². The van der Waals surface area contributed by atoms with Crippen LogP contribution in [0.25, 0.3) is 0 Å². The summed E-state index contributed by atoms with van der Waals surface area (Å²) in [4.78, 5) is 37.2. The summed E-state index contributed by atoms with van der Waals surface area (Å²) < 4.78 is 5.24. The normalized spacial score (nSPS) is 10.9. The monoisotopic (exact) mass is 444 g/mol. The van der Waals surface area contributed by atoms with Crippen molar-refractivity contribution in [3.8, 4) is 0 Å². The molecule has 0 spiro atoms. The first-order valence-corrected chi connectivity index (χ1v) is 10.7. The molecule has 0 aromatic heterocycles. The second-order valence-corrected chi connectivity index (χ2v) is 8.83. The molecule has 0 fully saturated rings. The lowest BCUT2D eigenvalue weighted by molar-refractivity contribution is 0.0635. The van der Waals surface area contributed by atoms with Crippen molar-refractivity contribution in [3.05, 3.63) is 95.1 Å². The summed E-state index contributed by atoms with van der Waals surface area (Å²) in [6.45, 7) is 7.34. The molecule has 6 heteroatoms. The number of hydrogen-bond acceptors (Lipinski definition) is 4. The smallest absolute Gasteiger partial charge is 0.412 e. The number of nitrogens with one attached hydrogen (secondary N) is 2. The average molecular weight is 445 g/mol. The molecule has 0 unspecified atom stereocenters. The Hall–Kier alpha value is -3.93. The number of carbonyl (C=O) groups is 3. The van der Waals surface area contributed by atoms with E-state index in [4.69, 9.17) is 4.74 Å². The molecule has 3 aromatic rings. The van der Waals surface area contributed by atoms with E-state index in [2.05, 4.69) is 10.6 Å². The molecular formula is C27H28N2O4. The lowest BCUT2D eigenvalue weighted by Crippen LogP contribution is -2.27. The van der Waals surface area contributed by atoms with Crippen molar-refractivity contribution in [2.24, 2.45) is 0 Å². The molecule has 0 saturated heterocycles. The van der Waals surface area contributed by atoms with Crippen LogP contribution in [0.3, 0.4) is 0 Å². The molecule has 6 nitrogen and oxygen atoms in total. The standard InChI is InChI=1S/C27H28N2O4/c1-18-7-5-8-19(15-18)16-24(30)20-11-13-21(14-12-20)25(31)28-22-9-6-10-23(17-22)29-26(32)33-27(2,3)4/h5-15,17H,16H2,1-4H3,(H,28,31)(H,29,32). The summed E-state index contributed by atoms with van der Waals surface area (Å²) in [5, 5.41) is 5.44. The summed E-state index contributed by atoms with van der Waals surface area (Å²) >= 11 is 0. The van der Waals surface area contributed by atoms with Crippen LogP contribution in [-0.2, 0) is 11.2 Å². The number of aryl methyl sites for hydroxylation is 1. The molecular weight excluding hydrogens is 416 g/mol. The minimum atomic E-state index is -0.608. The quantitative estimate of drug-likeness (QED) is 0.455. The third kappa shape index (κ3) is 7.31. The number of amides is 2. The van der Waals surface area contributed by atoms with Crippen LogP contribution >= 0.6 is 0 Å². The van der Waals surface area contributed by atoms with Crippen molar-refractivity contribution in [1.82, 2.24) is 0 Å². The van der Waals surface area contributed by atoms with Gasteiger partial charge in [-0.15, -0.1) is 0 Å². The zero-order valence-corrected chi connectivity index (χ0v) is 19.3. The molecule has 0 atom stereocenters. The summed E-state index contributed by atoms with van der Waals surface area (Å²) in [5.41, 5.74) is 3.46. The molecule has 33 heavy (non-hydrogen) atoms. The number of hydrogen-bond donors (Lipinski definition) is 2. The highest BCUT2D eigenvalue weighted by Crippen LogP contribution is 2.18. The Morgan fingerprint density at radius 3 is 2.03 bits per heavy atom. The molecule has 0 aliphatic heterocycles. The van der Waals surface area contributed by atoms with Crippen LogP contribution in [0.4, 0.5) is 16.2 Å². The Labute approximate surface area is 194 Å². The van der Waals surface area contributed by atoms with Gasteiger partial charge >= 0.3 is 6.09 Å². The van der Waals surface area contributed by atoms with Gasteiger partial charge in [-0.2, -0.15) is 0 Å². The molecule has 3 aromatic carbocycles. The van der Waals surface area contributed by atoms with Crippen LogP contribution in [0.2, 0.25) is 0 Å².